The molecule has 6 nitrogen and oxygen atoms in total. The fraction of sp³-hybridized carbons (Fsp3) is 0.350. The van der Waals surface area contributed by atoms with E-state index >= 15 is 0 Å². The number of rotatable bonds is 7. The van der Waals surface area contributed by atoms with Crippen LogP contribution in [0.15, 0.2) is 47.0 Å². The van der Waals surface area contributed by atoms with E-state index in [-0.39, 0.29) is 6.10 Å². The number of methoxy groups -OCH3 is 1. The molecule has 6 heteroatoms. The van der Waals surface area contributed by atoms with Crippen molar-refractivity contribution in [2.45, 2.75) is 25.6 Å². The predicted octanol–water partition coefficient (Wildman–Crippen LogP) is 3.29. The van der Waals surface area contributed by atoms with Gasteiger partial charge in [0.05, 0.1) is 26.9 Å². The summed E-state index contributed by atoms with van der Waals surface area (Å²) in [6.07, 6.45) is 2.80. The van der Waals surface area contributed by atoms with Crippen LogP contribution in [0.2, 0.25) is 0 Å². The summed E-state index contributed by atoms with van der Waals surface area (Å²) in [6.45, 7) is 2.75. The van der Waals surface area contributed by atoms with Gasteiger partial charge in [0.1, 0.15) is 23.2 Å². The minimum absolute atomic E-state index is 0.109. The first kappa shape index (κ1) is 16.9. The van der Waals surface area contributed by atoms with Gasteiger partial charge in [-0.1, -0.05) is 0 Å². The molecule has 2 aromatic heterocycles. The number of fused-ring (bicyclic) bond motifs is 1. The Kier molecular flexibility index (Phi) is 5.04. The SMILES string of the molecule is COc1ccc2oc(CNCc3ccnc(OC4CCOC4)c3)cc2c1. The van der Waals surface area contributed by atoms with Crippen LogP contribution in [0, 0.1) is 0 Å². The zero-order valence-electron chi connectivity index (χ0n) is 14.7. The maximum Gasteiger partial charge on any atom is 0.213 e. The highest BCUT2D eigenvalue weighted by Gasteiger charge is 2.17. The number of pyridine rings is 1. The van der Waals surface area contributed by atoms with Crippen LogP contribution in [0.3, 0.4) is 0 Å². The standard InChI is InChI=1S/C20H22N2O4/c1-23-16-2-3-19-15(9-16)10-18(25-19)12-21-11-14-4-6-22-20(8-14)26-17-5-7-24-13-17/h2-4,6,8-10,17,21H,5,7,11-13H2,1H3. The molecule has 1 aliphatic heterocycles. The minimum atomic E-state index is 0.109. The summed E-state index contributed by atoms with van der Waals surface area (Å²) >= 11 is 0. The van der Waals surface area contributed by atoms with Crippen molar-refractivity contribution in [2.24, 2.45) is 0 Å². The van der Waals surface area contributed by atoms with E-state index in [0.717, 1.165) is 41.1 Å². The van der Waals surface area contributed by atoms with Gasteiger partial charge >= 0.3 is 0 Å². The zero-order valence-corrected chi connectivity index (χ0v) is 14.7. The van der Waals surface area contributed by atoms with Crippen LogP contribution < -0.4 is 14.8 Å². The monoisotopic (exact) mass is 354 g/mol. The summed E-state index contributed by atoms with van der Waals surface area (Å²) in [4.78, 5) is 4.28. The van der Waals surface area contributed by atoms with Crippen LogP contribution in [0.25, 0.3) is 11.0 Å². The highest BCUT2D eigenvalue weighted by molar-refractivity contribution is 5.79. The molecule has 3 aromatic rings. The highest BCUT2D eigenvalue weighted by atomic mass is 16.5. The molecule has 0 aliphatic carbocycles. The number of hydrogen-bond donors (Lipinski definition) is 1. The summed E-state index contributed by atoms with van der Waals surface area (Å²) < 4.78 is 22.3. The van der Waals surface area contributed by atoms with Crippen LogP contribution in [-0.2, 0) is 17.8 Å². The van der Waals surface area contributed by atoms with E-state index in [1.54, 1.807) is 13.3 Å². The first-order valence-corrected chi connectivity index (χ1v) is 8.77. The van der Waals surface area contributed by atoms with Crippen LogP contribution in [-0.4, -0.2) is 31.4 Å². The molecule has 1 aromatic carbocycles. The Morgan fingerprint density at radius 3 is 3.00 bits per heavy atom. The lowest BCUT2D eigenvalue weighted by molar-refractivity contribution is 0.138. The van der Waals surface area contributed by atoms with Gasteiger partial charge in [0.2, 0.25) is 5.88 Å². The topological polar surface area (TPSA) is 65.8 Å². The van der Waals surface area contributed by atoms with Crippen LogP contribution >= 0.6 is 0 Å². The third-order valence-electron chi connectivity index (χ3n) is 4.38. The number of aromatic nitrogens is 1. The van der Waals surface area contributed by atoms with Crippen LogP contribution in [0.5, 0.6) is 11.6 Å². The quantitative estimate of drug-likeness (QED) is 0.702. The van der Waals surface area contributed by atoms with E-state index in [1.165, 1.54) is 0 Å². The van der Waals surface area contributed by atoms with Crippen LogP contribution in [0.1, 0.15) is 17.7 Å². The van der Waals surface area contributed by atoms with Gasteiger partial charge in [0.25, 0.3) is 0 Å². The van der Waals surface area contributed by atoms with Gasteiger partial charge in [-0.25, -0.2) is 4.98 Å². The van der Waals surface area contributed by atoms with Gasteiger partial charge in [-0.05, 0) is 35.9 Å². The number of ether oxygens (including phenoxy) is 3. The average molecular weight is 354 g/mol. The van der Waals surface area contributed by atoms with Gasteiger partial charge in [0, 0.05) is 30.6 Å². The second kappa shape index (κ2) is 7.76. The Morgan fingerprint density at radius 1 is 1.19 bits per heavy atom. The van der Waals surface area contributed by atoms with E-state index in [0.29, 0.717) is 25.6 Å². The van der Waals surface area contributed by atoms with Crippen molar-refractivity contribution >= 4 is 11.0 Å². The lowest BCUT2D eigenvalue weighted by atomic mass is 10.2. The molecule has 26 heavy (non-hydrogen) atoms. The zero-order chi connectivity index (χ0) is 17.8. The van der Waals surface area contributed by atoms with Crippen molar-refractivity contribution < 1.29 is 18.6 Å². The van der Waals surface area contributed by atoms with Crippen molar-refractivity contribution in [3.8, 4) is 11.6 Å². The van der Waals surface area contributed by atoms with Crippen molar-refractivity contribution in [3.63, 3.8) is 0 Å². The number of furan rings is 1. The number of hydrogen-bond acceptors (Lipinski definition) is 6. The molecule has 1 N–H and O–H groups in total. The highest BCUT2D eigenvalue weighted by Crippen LogP contribution is 2.24. The molecule has 0 saturated carbocycles. The van der Waals surface area contributed by atoms with Crippen molar-refractivity contribution in [2.75, 3.05) is 20.3 Å². The summed E-state index contributed by atoms with van der Waals surface area (Å²) in [7, 11) is 1.66. The fourth-order valence-electron chi connectivity index (χ4n) is 3.02. The van der Waals surface area contributed by atoms with Crippen LogP contribution in [0.4, 0.5) is 0 Å². The van der Waals surface area contributed by atoms with Gasteiger partial charge in [-0.2, -0.15) is 0 Å². The normalized spacial score (nSPS) is 16.9. The molecule has 0 amide bonds. The molecule has 1 unspecified atom stereocenters. The average Bonchev–Trinajstić information content (AvgIpc) is 3.30. The van der Waals surface area contributed by atoms with E-state index in [4.69, 9.17) is 18.6 Å². The first-order valence-electron chi connectivity index (χ1n) is 8.77. The van der Waals surface area contributed by atoms with Crippen molar-refractivity contribution in [1.82, 2.24) is 10.3 Å². The van der Waals surface area contributed by atoms with E-state index in [9.17, 15) is 0 Å². The van der Waals surface area contributed by atoms with Crippen molar-refractivity contribution in [3.05, 3.63) is 53.9 Å². The van der Waals surface area contributed by atoms with Gasteiger partial charge in [-0.3, -0.25) is 0 Å². The second-order valence-electron chi connectivity index (χ2n) is 6.33. The fourth-order valence-corrected chi connectivity index (χ4v) is 3.02. The molecule has 0 bridgehead atoms. The van der Waals surface area contributed by atoms with E-state index in [1.807, 2.05) is 36.4 Å². The molecule has 1 atom stereocenters. The smallest absolute Gasteiger partial charge is 0.213 e. The molecule has 1 aliphatic rings. The molecule has 4 rings (SSSR count). The summed E-state index contributed by atoms with van der Waals surface area (Å²) in [5.74, 6) is 2.37. The maximum absolute atomic E-state index is 5.85. The van der Waals surface area contributed by atoms with Gasteiger partial charge in [-0.15, -0.1) is 0 Å². The molecule has 136 valence electrons. The third-order valence-corrected chi connectivity index (χ3v) is 4.38. The van der Waals surface area contributed by atoms with E-state index < -0.39 is 0 Å². The van der Waals surface area contributed by atoms with E-state index in [2.05, 4.69) is 10.3 Å². The third kappa shape index (κ3) is 3.98. The van der Waals surface area contributed by atoms with Gasteiger partial charge < -0.3 is 23.9 Å². The molecular weight excluding hydrogens is 332 g/mol. The Balaban J connectivity index is 1.34. The minimum Gasteiger partial charge on any atom is -0.497 e. The Hall–Kier alpha value is -2.57. The maximum atomic E-state index is 5.85. The second-order valence-corrected chi connectivity index (χ2v) is 6.33. The molecule has 0 radical (unpaired) electrons. The Labute approximate surface area is 152 Å². The molecule has 1 fully saturated rings. The summed E-state index contributed by atoms with van der Waals surface area (Å²) in [5.41, 5.74) is 1.98. The van der Waals surface area contributed by atoms with Crippen molar-refractivity contribution in [1.29, 1.82) is 0 Å². The lowest BCUT2D eigenvalue weighted by Gasteiger charge is -2.11. The molecule has 0 spiro atoms. The number of benzene rings is 1. The lowest BCUT2D eigenvalue weighted by Crippen LogP contribution is -2.17. The number of nitrogens with one attached hydrogen (secondary N) is 1. The number of nitrogens with zero attached hydrogens (tertiary/aromatic N) is 1. The summed E-state index contributed by atoms with van der Waals surface area (Å²) in [6, 6.07) is 11.8. The Bertz CT molecular complexity index is 871. The largest absolute Gasteiger partial charge is 0.497 e. The molecule has 1 saturated heterocycles. The predicted molar refractivity (Wildman–Crippen MR) is 97.4 cm³/mol. The first-order chi connectivity index (χ1) is 12.8. The molecular formula is C20H22N2O4. The van der Waals surface area contributed by atoms with Gasteiger partial charge in [0.15, 0.2) is 0 Å². The Morgan fingerprint density at radius 2 is 2.15 bits per heavy atom. The molecule has 3 heterocycles. The summed E-state index contributed by atoms with van der Waals surface area (Å²) in [5, 5.41) is 4.44.